The molecule has 0 aliphatic rings. The van der Waals surface area contributed by atoms with Crippen LogP contribution < -0.4 is 5.32 Å². The lowest BCUT2D eigenvalue weighted by atomic mass is 10.2. The molecule has 4 nitrogen and oxygen atoms in total. The van der Waals surface area contributed by atoms with Crippen LogP contribution >= 0.6 is 11.8 Å². The molecule has 98 valence electrons. The Morgan fingerprint density at radius 1 is 1.33 bits per heavy atom. The summed E-state index contributed by atoms with van der Waals surface area (Å²) in [5.41, 5.74) is 2.36. The average Bonchev–Trinajstić information content (AvgIpc) is 2.31. The molecule has 1 atom stereocenters. The number of nitrogens with one attached hydrogen (secondary N) is 1. The number of carboxylic acids is 1. The Hall–Kier alpha value is -1.49. The van der Waals surface area contributed by atoms with E-state index in [0.29, 0.717) is 0 Å². The van der Waals surface area contributed by atoms with Crippen molar-refractivity contribution in [3.05, 3.63) is 35.4 Å². The van der Waals surface area contributed by atoms with Crippen LogP contribution in [-0.2, 0) is 15.3 Å². The van der Waals surface area contributed by atoms with Crippen LogP contribution in [0.1, 0.15) is 18.1 Å². The smallest absolute Gasteiger partial charge is 0.325 e. The summed E-state index contributed by atoms with van der Waals surface area (Å²) in [6.07, 6.45) is 0. The van der Waals surface area contributed by atoms with E-state index in [1.807, 2.05) is 31.2 Å². The van der Waals surface area contributed by atoms with Crippen molar-refractivity contribution in [1.82, 2.24) is 5.32 Å². The van der Waals surface area contributed by atoms with Crippen molar-refractivity contribution in [3.8, 4) is 0 Å². The van der Waals surface area contributed by atoms with Gasteiger partial charge in [0.15, 0.2) is 0 Å². The van der Waals surface area contributed by atoms with Crippen molar-refractivity contribution in [2.75, 3.05) is 5.75 Å². The van der Waals surface area contributed by atoms with Crippen LogP contribution in [0.3, 0.4) is 0 Å². The highest BCUT2D eigenvalue weighted by molar-refractivity contribution is 7.99. The maximum absolute atomic E-state index is 11.4. The lowest BCUT2D eigenvalue weighted by Crippen LogP contribution is -2.39. The van der Waals surface area contributed by atoms with Crippen LogP contribution in [0.2, 0.25) is 0 Å². The minimum Gasteiger partial charge on any atom is -0.480 e. The summed E-state index contributed by atoms with van der Waals surface area (Å²) in [6, 6.07) is 7.28. The van der Waals surface area contributed by atoms with Gasteiger partial charge < -0.3 is 10.4 Å². The van der Waals surface area contributed by atoms with Gasteiger partial charge in [-0.25, -0.2) is 0 Å². The van der Waals surface area contributed by atoms with E-state index in [2.05, 4.69) is 5.32 Å². The highest BCUT2D eigenvalue weighted by Gasteiger charge is 2.13. The van der Waals surface area contributed by atoms with E-state index >= 15 is 0 Å². The van der Waals surface area contributed by atoms with E-state index in [4.69, 9.17) is 5.11 Å². The molecule has 0 heterocycles. The molecule has 5 heteroatoms. The largest absolute Gasteiger partial charge is 0.480 e. The molecule has 0 aliphatic heterocycles. The molecule has 0 saturated heterocycles. The van der Waals surface area contributed by atoms with Crippen LogP contribution in [0.25, 0.3) is 0 Å². The maximum Gasteiger partial charge on any atom is 0.325 e. The number of aliphatic carboxylic acids is 1. The molecule has 2 N–H and O–H groups in total. The predicted molar refractivity (Wildman–Crippen MR) is 72.6 cm³/mol. The number of hydrogen-bond acceptors (Lipinski definition) is 3. The van der Waals surface area contributed by atoms with Gasteiger partial charge in [-0.15, -0.1) is 11.8 Å². The zero-order valence-corrected chi connectivity index (χ0v) is 11.3. The van der Waals surface area contributed by atoms with Gasteiger partial charge in [0.2, 0.25) is 5.91 Å². The van der Waals surface area contributed by atoms with Gasteiger partial charge in [-0.1, -0.05) is 29.8 Å². The molecule has 1 amide bonds. The van der Waals surface area contributed by atoms with Crippen molar-refractivity contribution < 1.29 is 14.7 Å². The average molecular weight is 267 g/mol. The molecule has 0 aliphatic carbocycles. The van der Waals surface area contributed by atoms with Gasteiger partial charge in [-0.05, 0) is 19.4 Å². The second-order valence-electron chi connectivity index (χ2n) is 4.11. The number of thioether (sulfide) groups is 1. The van der Waals surface area contributed by atoms with E-state index in [-0.39, 0.29) is 11.7 Å². The van der Waals surface area contributed by atoms with Gasteiger partial charge in [0.05, 0.1) is 5.75 Å². The Morgan fingerprint density at radius 2 is 1.94 bits per heavy atom. The summed E-state index contributed by atoms with van der Waals surface area (Å²) < 4.78 is 0. The molecule has 0 bridgehead atoms. The molecule has 0 fully saturated rings. The normalized spacial score (nSPS) is 11.9. The number of hydrogen-bond donors (Lipinski definition) is 2. The fraction of sp³-hybridized carbons (Fsp3) is 0.385. The first-order valence-corrected chi connectivity index (χ1v) is 6.80. The summed E-state index contributed by atoms with van der Waals surface area (Å²) in [5, 5.41) is 11.1. The Morgan fingerprint density at radius 3 is 2.50 bits per heavy atom. The number of carboxylic acid groups (broad SMARTS) is 1. The van der Waals surface area contributed by atoms with Gasteiger partial charge in [0.25, 0.3) is 0 Å². The van der Waals surface area contributed by atoms with E-state index in [1.165, 1.54) is 24.2 Å². The second kappa shape index (κ2) is 7.06. The first-order chi connectivity index (χ1) is 8.49. The number of amides is 1. The Labute approximate surface area is 111 Å². The molecule has 1 unspecified atom stereocenters. The van der Waals surface area contributed by atoms with Crippen molar-refractivity contribution in [3.63, 3.8) is 0 Å². The quantitative estimate of drug-likeness (QED) is 0.825. The van der Waals surface area contributed by atoms with E-state index in [1.54, 1.807) is 0 Å². The number of rotatable bonds is 6. The van der Waals surface area contributed by atoms with Crippen molar-refractivity contribution in [2.24, 2.45) is 0 Å². The minimum atomic E-state index is -1.02. The zero-order chi connectivity index (χ0) is 13.5. The summed E-state index contributed by atoms with van der Waals surface area (Å²) in [5.74, 6) is -0.255. The predicted octanol–water partition coefficient (Wildman–Crippen LogP) is 1.82. The van der Waals surface area contributed by atoms with Crippen LogP contribution in [0, 0.1) is 6.92 Å². The summed E-state index contributed by atoms with van der Waals surface area (Å²) >= 11 is 1.47. The van der Waals surface area contributed by atoms with Crippen molar-refractivity contribution in [1.29, 1.82) is 0 Å². The molecule has 18 heavy (non-hydrogen) atoms. The third-order valence-electron chi connectivity index (χ3n) is 2.37. The highest BCUT2D eigenvalue weighted by atomic mass is 32.2. The van der Waals surface area contributed by atoms with E-state index in [9.17, 15) is 9.59 Å². The van der Waals surface area contributed by atoms with E-state index in [0.717, 1.165) is 11.3 Å². The third kappa shape index (κ3) is 5.23. The van der Waals surface area contributed by atoms with Crippen LogP contribution in [0.4, 0.5) is 0 Å². The van der Waals surface area contributed by atoms with Crippen molar-refractivity contribution >= 4 is 23.6 Å². The number of benzene rings is 1. The molecule has 0 saturated carbocycles. The second-order valence-corrected chi connectivity index (χ2v) is 5.09. The zero-order valence-electron chi connectivity index (χ0n) is 10.5. The highest BCUT2D eigenvalue weighted by Crippen LogP contribution is 2.12. The topological polar surface area (TPSA) is 66.4 Å². The Balaban J connectivity index is 2.27. The van der Waals surface area contributed by atoms with Crippen LogP contribution in [0.15, 0.2) is 24.3 Å². The van der Waals surface area contributed by atoms with Gasteiger partial charge >= 0.3 is 5.97 Å². The Kier molecular flexibility index (Phi) is 5.71. The summed E-state index contributed by atoms with van der Waals surface area (Å²) in [7, 11) is 0. The number of aryl methyl sites for hydroxylation is 1. The van der Waals surface area contributed by atoms with Gasteiger partial charge in [-0.3, -0.25) is 9.59 Å². The molecular formula is C13H17NO3S. The molecule has 1 aromatic carbocycles. The van der Waals surface area contributed by atoms with Crippen molar-refractivity contribution in [2.45, 2.75) is 25.6 Å². The monoisotopic (exact) mass is 267 g/mol. The third-order valence-corrected chi connectivity index (χ3v) is 3.37. The molecule has 0 aromatic heterocycles. The number of carbonyl (C=O) groups excluding carboxylic acids is 1. The summed E-state index contributed by atoms with van der Waals surface area (Å²) in [6.45, 7) is 3.47. The van der Waals surface area contributed by atoms with E-state index < -0.39 is 12.0 Å². The van der Waals surface area contributed by atoms with Gasteiger partial charge in [0.1, 0.15) is 6.04 Å². The lowest BCUT2D eigenvalue weighted by Gasteiger charge is -2.08. The SMILES string of the molecule is Cc1ccc(CSCC(=O)NC(C)C(=O)O)cc1. The molecule has 0 radical (unpaired) electrons. The lowest BCUT2D eigenvalue weighted by molar-refractivity contribution is -0.140. The fourth-order valence-corrected chi connectivity index (χ4v) is 2.09. The first-order valence-electron chi connectivity index (χ1n) is 5.64. The minimum absolute atomic E-state index is 0.248. The maximum atomic E-state index is 11.4. The van der Waals surface area contributed by atoms with Gasteiger partial charge in [0, 0.05) is 5.75 Å². The molecule has 1 rings (SSSR count). The molecular weight excluding hydrogens is 250 g/mol. The van der Waals surface area contributed by atoms with Crippen LogP contribution in [0.5, 0.6) is 0 Å². The fourth-order valence-electron chi connectivity index (χ4n) is 1.29. The molecule has 0 spiro atoms. The van der Waals surface area contributed by atoms with Crippen LogP contribution in [-0.4, -0.2) is 28.8 Å². The summed E-state index contributed by atoms with van der Waals surface area (Å²) in [4.78, 5) is 21.9. The number of carbonyl (C=O) groups is 2. The first kappa shape index (κ1) is 14.6. The van der Waals surface area contributed by atoms with Gasteiger partial charge in [-0.2, -0.15) is 0 Å². The standard InChI is InChI=1S/C13H17NO3S/c1-9-3-5-11(6-4-9)7-18-8-12(15)14-10(2)13(16)17/h3-6,10H,7-8H2,1-2H3,(H,14,15)(H,16,17). The molecule has 1 aromatic rings. The Bertz CT molecular complexity index is 417.